The number of methoxy groups -OCH3 is 1. The van der Waals surface area contributed by atoms with E-state index >= 15 is 0 Å². The van der Waals surface area contributed by atoms with E-state index in [4.69, 9.17) is 22.7 Å². The van der Waals surface area contributed by atoms with Crippen molar-refractivity contribution in [2.45, 2.75) is 19.4 Å². The number of hydrogen-bond acceptors (Lipinski definition) is 7. The average Bonchev–Trinajstić information content (AvgIpc) is 2.27. The van der Waals surface area contributed by atoms with Crippen molar-refractivity contribution in [1.82, 2.24) is 15.0 Å². The van der Waals surface area contributed by atoms with E-state index in [1.54, 1.807) is 7.05 Å². The summed E-state index contributed by atoms with van der Waals surface area (Å²) in [5.41, 5.74) is 5.02. The molecule has 0 bridgehead atoms. The van der Waals surface area contributed by atoms with E-state index in [0.29, 0.717) is 16.9 Å². The molecule has 0 saturated carbocycles. The fourth-order valence-electron chi connectivity index (χ4n) is 0.957. The Labute approximate surface area is 105 Å². The molecule has 0 aliphatic heterocycles. The Hall–Kier alpha value is -1.70. The van der Waals surface area contributed by atoms with Gasteiger partial charge in [-0.1, -0.05) is 12.2 Å². The van der Waals surface area contributed by atoms with Crippen LogP contribution in [0, 0.1) is 0 Å². The lowest BCUT2D eigenvalue weighted by Gasteiger charge is -2.24. The maximum atomic E-state index is 5.61. The maximum Gasteiger partial charge on any atom is 0.322 e. The van der Waals surface area contributed by atoms with Gasteiger partial charge in [0.05, 0.1) is 17.6 Å². The van der Waals surface area contributed by atoms with E-state index in [1.165, 1.54) is 7.11 Å². The zero-order valence-electron chi connectivity index (χ0n) is 10.2. The highest BCUT2D eigenvalue weighted by Gasteiger charge is 2.22. The van der Waals surface area contributed by atoms with Gasteiger partial charge in [0.25, 0.3) is 0 Å². The number of rotatable bonds is 5. The molecule has 0 fully saturated rings. The molecule has 0 aliphatic rings. The molecule has 0 unspecified atom stereocenters. The highest BCUT2D eigenvalue weighted by molar-refractivity contribution is 7.80. The van der Waals surface area contributed by atoms with Gasteiger partial charge in [0.15, 0.2) is 0 Å². The quantitative estimate of drug-likeness (QED) is 0.651. The molecule has 0 amide bonds. The molecule has 0 aromatic carbocycles. The van der Waals surface area contributed by atoms with Gasteiger partial charge in [-0.3, -0.25) is 0 Å². The number of nitrogens with zero attached hydrogens (tertiary/aromatic N) is 3. The van der Waals surface area contributed by atoms with Crippen LogP contribution in [0.25, 0.3) is 0 Å². The fourth-order valence-corrected chi connectivity index (χ4v) is 1.01. The molecule has 7 nitrogen and oxygen atoms in total. The molecule has 1 heterocycles. The fraction of sp³-hybridized carbons (Fsp3) is 0.556. The first-order valence-corrected chi connectivity index (χ1v) is 5.36. The SMILES string of the molecule is CNc1nc(NC(C)(C)C(N)=S)nc(OC)n1. The summed E-state index contributed by atoms with van der Waals surface area (Å²) in [6.07, 6.45) is 0. The van der Waals surface area contributed by atoms with Gasteiger partial charge in [0.1, 0.15) is 0 Å². The Bertz CT molecular complexity index is 400. The number of hydrogen-bond donors (Lipinski definition) is 3. The topological polar surface area (TPSA) is 98.0 Å². The molecule has 1 aromatic heterocycles. The molecular weight excluding hydrogens is 240 g/mol. The van der Waals surface area contributed by atoms with Gasteiger partial charge in [-0.15, -0.1) is 0 Å². The monoisotopic (exact) mass is 256 g/mol. The molecule has 8 heteroatoms. The predicted octanol–water partition coefficient (Wildman–Crippen LogP) is 0.398. The lowest BCUT2D eigenvalue weighted by Crippen LogP contribution is -2.44. The standard InChI is InChI=1S/C9H16N6OS/c1-9(2,5(10)17)15-7-12-6(11-3)13-8(14-7)16-4/h1-4H3,(H2,10,17)(H2,11,12,13,14,15). The van der Waals surface area contributed by atoms with Crippen LogP contribution in [-0.4, -0.2) is 39.6 Å². The lowest BCUT2D eigenvalue weighted by atomic mass is 10.1. The first-order chi connectivity index (χ1) is 7.89. The van der Waals surface area contributed by atoms with Crippen molar-refractivity contribution in [2.75, 3.05) is 24.8 Å². The Morgan fingerprint density at radius 1 is 1.29 bits per heavy atom. The zero-order valence-corrected chi connectivity index (χ0v) is 11.1. The molecule has 0 aliphatic carbocycles. The molecule has 0 spiro atoms. The van der Waals surface area contributed by atoms with Crippen LogP contribution in [0.3, 0.4) is 0 Å². The van der Waals surface area contributed by atoms with Crippen molar-refractivity contribution in [2.24, 2.45) is 5.73 Å². The second kappa shape index (κ2) is 5.09. The van der Waals surface area contributed by atoms with E-state index in [-0.39, 0.29) is 6.01 Å². The Balaban J connectivity index is 3.02. The number of nitrogens with one attached hydrogen (secondary N) is 2. The predicted molar refractivity (Wildman–Crippen MR) is 70.4 cm³/mol. The second-order valence-electron chi connectivity index (χ2n) is 3.83. The first-order valence-electron chi connectivity index (χ1n) is 4.95. The van der Waals surface area contributed by atoms with Gasteiger partial charge < -0.3 is 21.1 Å². The average molecular weight is 256 g/mol. The highest BCUT2D eigenvalue weighted by atomic mass is 32.1. The normalized spacial score (nSPS) is 10.8. The van der Waals surface area contributed by atoms with E-state index in [0.717, 1.165) is 0 Å². The molecule has 94 valence electrons. The van der Waals surface area contributed by atoms with Gasteiger partial charge in [0.2, 0.25) is 11.9 Å². The van der Waals surface area contributed by atoms with Crippen molar-refractivity contribution < 1.29 is 4.74 Å². The Morgan fingerprint density at radius 2 is 1.88 bits per heavy atom. The van der Waals surface area contributed by atoms with Crippen molar-refractivity contribution in [3.63, 3.8) is 0 Å². The van der Waals surface area contributed by atoms with E-state index < -0.39 is 5.54 Å². The van der Waals surface area contributed by atoms with Crippen LogP contribution in [0.15, 0.2) is 0 Å². The summed E-state index contributed by atoms with van der Waals surface area (Å²) >= 11 is 4.95. The van der Waals surface area contributed by atoms with Crippen LogP contribution in [-0.2, 0) is 0 Å². The second-order valence-corrected chi connectivity index (χ2v) is 4.27. The molecule has 0 radical (unpaired) electrons. The highest BCUT2D eigenvalue weighted by Crippen LogP contribution is 2.15. The summed E-state index contributed by atoms with van der Waals surface area (Å²) in [4.78, 5) is 12.5. The minimum Gasteiger partial charge on any atom is -0.467 e. The van der Waals surface area contributed by atoms with Crippen LogP contribution in [0.1, 0.15) is 13.8 Å². The molecule has 1 aromatic rings. The van der Waals surface area contributed by atoms with Crippen LogP contribution in [0.5, 0.6) is 6.01 Å². The molecule has 0 atom stereocenters. The smallest absolute Gasteiger partial charge is 0.322 e. The molecule has 4 N–H and O–H groups in total. The van der Waals surface area contributed by atoms with Crippen LogP contribution >= 0.6 is 12.2 Å². The van der Waals surface area contributed by atoms with E-state index in [2.05, 4.69) is 25.6 Å². The Morgan fingerprint density at radius 3 is 2.35 bits per heavy atom. The minimum atomic E-state index is -0.591. The van der Waals surface area contributed by atoms with Crippen LogP contribution in [0.2, 0.25) is 0 Å². The number of ether oxygens (including phenoxy) is 1. The summed E-state index contributed by atoms with van der Waals surface area (Å²) < 4.78 is 4.97. The largest absolute Gasteiger partial charge is 0.467 e. The van der Waals surface area contributed by atoms with Crippen LogP contribution in [0.4, 0.5) is 11.9 Å². The summed E-state index contributed by atoms with van der Waals surface area (Å²) in [5, 5.41) is 5.83. The molecular formula is C9H16N6OS. The molecule has 1 rings (SSSR count). The van der Waals surface area contributed by atoms with Crippen LogP contribution < -0.4 is 21.1 Å². The lowest BCUT2D eigenvalue weighted by molar-refractivity contribution is 0.379. The third-order valence-corrected chi connectivity index (χ3v) is 2.57. The van der Waals surface area contributed by atoms with Gasteiger partial charge in [0, 0.05) is 7.05 Å². The number of anilines is 2. The number of aromatic nitrogens is 3. The van der Waals surface area contributed by atoms with Gasteiger partial charge >= 0.3 is 6.01 Å². The molecule has 17 heavy (non-hydrogen) atoms. The van der Waals surface area contributed by atoms with Crippen molar-refractivity contribution in [3.05, 3.63) is 0 Å². The minimum absolute atomic E-state index is 0.214. The molecule has 0 saturated heterocycles. The van der Waals surface area contributed by atoms with Crippen molar-refractivity contribution in [1.29, 1.82) is 0 Å². The van der Waals surface area contributed by atoms with Crippen molar-refractivity contribution in [3.8, 4) is 6.01 Å². The zero-order chi connectivity index (χ0) is 13.1. The summed E-state index contributed by atoms with van der Waals surface area (Å²) in [6, 6.07) is 0.214. The summed E-state index contributed by atoms with van der Waals surface area (Å²) in [6.45, 7) is 3.68. The third kappa shape index (κ3) is 3.38. The van der Waals surface area contributed by atoms with E-state index in [1.807, 2.05) is 13.8 Å². The van der Waals surface area contributed by atoms with Gasteiger partial charge in [-0.2, -0.15) is 15.0 Å². The third-order valence-electron chi connectivity index (χ3n) is 2.06. The Kier molecular flexibility index (Phi) is 4.00. The van der Waals surface area contributed by atoms with Gasteiger partial charge in [-0.05, 0) is 13.8 Å². The van der Waals surface area contributed by atoms with Gasteiger partial charge in [-0.25, -0.2) is 0 Å². The number of nitrogens with two attached hydrogens (primary N) is 1. The maximum absolute atomic E-state index is 5.61. The van der Waals surface area contributed by atoms with Crippen molar-refractivity contribution >= 4 is 29.1 Å². The summed E-state index contributed by atoms with van der Waals surface area (Å²) in [7, 11) is 3.19. The number of thiocarbonyl (C=S) groups is 1. The van der Waals surface area contributed by atoms with E-state index in [9.17, 15) is 0 Å². The first kappa shape index (κ1) is 13.4. The summed E-state index contributed by atoms with van der Waals surface area (Å²) in [5.74, 6) is 0.747.